The molecule has 0 bridgehead atoms. The second-order valence-electron chi connectivity index (χ2n) is 14.3. The molecule has 6 nitrogen and oxygen atoms in total. The maximum Gasteiger partial charge on any atom is 0.412 e. The molecule has 10 atom stereocenters. The van der Waals surface area contributed by atoms with Crippen LogP contribution in [0.15, 0.2) is 22.3 Å². The molecule has 9 heteroatoms. The average Bonchev–Trinajstić information content (AvgIpc) is 3.09. The van der Waals surface area contributed by atoms with Crippen molar-refractivity contribution in [2.24, 2.45) is 39.9 Å². The second-order valence-corrected chi connectivity index (χ2v) is 14.3. The fourth-order valence-electron chi connectivity index (χ4n) is 10.2. The molecule has 0 spiro atoms. The first-order valence-corrected chi connectivity index (χ1v) is 15.0. The van der Waals surface area contributed by atoms with E-state index in [2.05, 4.69) is 27.7 Å². The first kappa shape index (κ1) is 32.1. The van der Waals surface area contributed by atoms with E-state index in [-0.39, 0.29) is 53.3 Å². The van der Waals surface area contributed by atoms with Crippen molar-refractivity contribution in [3.8, 4) is 0 Å². The summed E-state index contributed by atoms with van der Waals surface area (Å²) in [5.41, 5.74) is -1.67. The predicted octanol–water partition coefficient (Wildman–Crippen LogP) is 6.60. The van der Waals surface area contributed by atoms with Crippen molar-refractivity contribution in [2.75, 3.05) is 0 Å². The molecule has 2 unspecified atom stereocenters. The lowest BCUT2D eigenvalue weighted by Crippen LogP contribution is -2.65. The molecule has 0 amide bonds. The van der Waals surface area contributed by atoms with Gasteiger partial charge in [-0.3, -0.25) is 4.79 Å². The van der Waals surface area contributed by atoms with Crippen LogP contribution in [0.1, 0.15) is 99.8 Å². The zero-order chi connectivity index (χ0) is 30.9. The van der Waals surface area contributed by atoms with E-state index in [0.717, 1.165) is 19.3 Å². The van der Waals surface area contributed by atoms with Crippen molar-refractivity contribution in [3.63, 3.8) is 0 Å². The number of carboxylic acid groups (broad SMARTS) is 1. The molecule has 232 valence electrons. The van der Waals surface area contributed by atoms with E-state index in [0.29, 0.717) is 18.4 Å². The number of aliphatic hydroxyl groups excluding tert-OH is 2. The minimum absolute atomic E-state index is 0.0836. The van der Waals surface area contributed by atoms with Gasteiger partial charge in [-0.25, -0.2) is 4.79 Å². The number of hydrogen-bond donors (Lipinski definition) is 3. The molecule has 4 fully saturated rings. The highest BCUT2D eigenvalue weighted by molar-refractivity contribution is 5.88. The van der Waals surface area contributed by atoms with Gasteiger partial charge in [0.1, 0.15) is 6.10 Å². The highest BCUT2D eigenvalue weighted by Gasteiger charge is 2.70. The quantitative estimate of drug-likeness (QED) is 0.191. The largest absolute Gasteiger partial charge is 0.478 e. The Bertz CT molecular complexity index is 1140. The standard InChI is InChI=1S/C32H47F3O6/c1-16(2)20(32(33,34)35)9-8-19(28(39)40)26-22-14-24(38)27-29(5)12-11-23(37)17(3)21(29)10-13-30(27,6)31(22,7)15-25(26)41-18(4)36/h17,21-25,27,37-38H,8-15H2,1-7H3,(H,39,40)/t17-,21?,22+,23+,24+,25-,27?,29-,30-,31-/m0/s1. The summed E-state index contributed by atoms with van der Waals surface area (Å²) in [6.07, 6.45) is -3.77. The Kier molecular flexibility index (Phi) is 8.36. The molecule has 4 rings (SSSR count). The van der Waals surface area contributed by atoms with Crippen molar-refractivity contribution in [2.45, 2.75) is 124 Å². The van der Waals surface area contributed by atoms with Crippen LogP contribution in [-0.4, -0.2) is 51.7 Å². The Morgan fingerprint density at radius 3 is 2.15 bits per heavy atom. The zero-order valence-electron chi connectivity index (χ0n) is 25.4. The topological polar surface area (TPSA) is 104 Å². The molecule has 0 saturated heterocycles. The van der Waals surface area contributed by atoms with E-state index in [1.807, 2.05) is 0 Å². The van der Waals surface area contributed by atoms with Gasteiger partial charge in [0.15, 0.2) is 0 Å². The van der Waals surface area contributed by atoms with Gasteiger partial charge in [-0.2, -0.15) is 13.2 Å². The number of carbonyl (C=O) groups is 2. The number of allylic oxidation sites excluding steroid dienone is 2. The van der Waals surface area contributed by atoms with Gasteiger partial charge in [-0.1, -0.05) is 33.3 Å². The van der Waals surface area contributed by atoms with Gasteiger partial charge in [0.05, 0.1) is 12.2 Å². The minimum Gasteiger partial charge on any atom is -0.478 e. The number of hydrogen-bond acceptors (Lipinski definition) is 5. The molecule has 4 saturated carbocycles. The van der Waals surface area contributed by atoms with Crippen molar-refractivity contribution in [1.29, 1.82) is 0 Å². The van der Waals surface area contributed by atoms with Gasteiger partial charge in [0.2, 0.25) is 0 Å². The van der Waals surface area contributed by atoms with Crippen LogP contribution in [0.25, 0.3) is 0 Å². The number of halogens is 3. The summed E-state index contributed by atoms with van der Waals surface area (Å²) in [4.78, 5) is 24.9. The average molecular weight is 585 g/mol. The van der Waals surface area contributed by atoms with Crippen LogP contribution < -0.4 is 0 Å². The summed E-state index contributed by atoms with van der Waals surface area (Å²) in [5, 5.41) is 32.9. The lowest BCUT2D eigenvalue weighted by atomic mass is 9.36. The van der Waals surface area contributed by atoms with Gasteiger partial charge < -0.3 is 20.1 Å². The summed E-state index contributed by atoms with van der Waals surface area (Å²) < 4.78 is 47.0. The third-order valence-corrected chi connectivity index (χ3v) is 12.2. The number of carboxylic acids is 1. The highest BCUT2D eigenvalue weighted by Crippen LogP contribution is 2.74. The summed E-state index contributed by atoms with van der Waals surface area (Å²) in [6.45, 7) is 12.6. The van der Waals surface area contributed by atoms with E-state index in [9.17, 15) is 38.1 Å². The number of ether oxygens (including phenoxy) is 1. The predicted molar refractivity (Wildman–Crippen MR) is 148 cm³/mol. The Morgan fingerprint density at radius 2 is 1.61 bits per heavy atom. The van der Waals surface area contributed by atoms with Crippen LogP contribution in [0.5, 0.6) is 0 Å². The highest BCUT2D eigenvalue weighted by atomic mass is 19.4. The molecule has 0 heterocycles. The van der Waals surface area contributed by atoms with Gasteiger partial charge in [-0.05, 0) is 111 Å². The molecule has 41 heavy (non-hydrogen) atoms. The van der Waals surface area contributed by atoms with Gasteiger partial charge in [-0.15, -0.1) is 0 Å². The van der Waals surface area contributed by atoms with Crippen LogP contribution in [0.2, 0.25) is 0 Å². The van der Waals surface area contributed by atoms with E-state index in [1.165, 1.54) is 20.8 Å². The van der Waals surface area contributed by atoms with Crippen LogP contribution in [0.4, 0.5) is 13.2 Å². The van der Waals surface area contributed by atoms with Crippen LogP contribution in [0, 0.1) is 39.9 Å². The number of aliphatic hydroxyl groups is 2. The molecule has 4 aliphatic rings. The van der Waals surface area contributed by atoms with E-state index in [4.69, 9.17) is 4.74 Å². The monoisotopic (exact) mass is 584 g/mol. The SMILES string of the molecule is CC(=O)O[C@H]1C[C@@]2(C)[C@H](C[C@@H](O)C3[C@@]4(C)CC[C@@H](O)[C@@H](C)C4CC[C@@]32C)C1=C(CCC(=C(C)C)C(F)(F)F)C(=O)O. The van der Waals surface area contributed by atoms with Crippen molar-refractivity contribution >= 4 is 11.9 Å². The molecule has 0 radical (unpaired) electrons. The molecular formula is C32H47F3O6. The molecule has 0 aliphatic heterocycles. The fraction of sp³-hybridized carbons (Fsp3) is 0.812. The summed E-state index contributed by atoms with van der Waals surface area (Å²) in [5.74, 6) is -2.13. The van der Waals surface area contributed by atoms with Gasteiger partial charge in [0, 0.05) is 18.1 Å². The smallest absolute Gasteiger partial charge is 0.412 e. The van der Waals surface area contributed by atoms with Crippen molar-refractivity contribution in [3.05, 3.63) is 22.3 Å². The summed E-state index contributed by atoms with van der Waals surface area (Å²) in [6, 6.07) is 0. The zero-order valence-corrected chi connectivity index (χ0v) is 25.4. The van der Waals surface area contributed by atoms with Gasteiger partial charge in [0.25, 0.3) is 0 Å². The molecule has 4 aliphatic carbocycles. The Hall–Kier alpha value is -1.87. The lowest BCUT2D eigenvalue weighted by molar-refractivity contribution is -0.234. The Morgan fingerprint density at radius 1 is 0.976 bits per heavy atom. The van der Waals surface area contributed by atoms with Crippen LogP contribution in [-0.2, 0) is 14.3 Å². The van der Waals surface area contributed by atoms with Crippen LogP contribution in [0.3, 0.4) is 0 Å². The number of fused-ring (bicyclic) bond motifs is 5. The van der Waals surface area contributed by atoms with E-state index >= 15 is 0 Å². The number of alkyl halides is 3. The lowest BCUT2D eigenvalue weighted by Gasteiger charge is -2.69. The Labute approximate surface area is 241 Å². The first-order valence-electron chi connectivity index (χ1n) is 15.0. The minimum atomic E-state index is -4.58. The maximum atomic E-state index is 13.7. The van der Waals surface area contributed by atoms with Crippen LogP contribution >= 0.6 is 0 Å². The molecule has 0 aromatic heterocycles. The van der Waals surface area contributed by atoms with Crippen molar-refractivity contribution < 1.29 is 42.8 Å². The van der Waals surface area contributed by atoms with Crippen molar-refractivity contribution in [1.82, 2.24) is 0 Å². The summed E-state index contributed by atoms with van der Waals surface area (Å²) >= 11 is 0. The van der Waals surface area contributed by atoms with E-state index < -0.39 is 59.1 Å². The third kappa shape index (κ3) is 5.07. The second kappa shape index (κ2) is 10.7. The van der Waals surface area contributed by atoms with Gasteiger partial charge >= 0.3 is 18.1 Å². The number of rotatable bonds is 5. The first-order chi connectivity index (χ1) is 18.8. The molecule has 0 aromatic rings. The number of aliphatic carboxylic acids is 1. The maximum absolute atomic E-state index is 13.7. The number of esters is 1. The molecular weight excluding hydrogens is 537 g/mol. The molecule has 3 N–H and O–H groups in total. The molecule has 0 aromatic carbocycles. The summed E-state index contributed by atoms with van der Waals surface area (Å²) in [7, 11) is 0. The van der Waals surface area contributed by atoms with E-state index in [1.54, 1.807) is 0 Å². The third-order valence-electron chi connectivity index (χ3n) is 12.2. The number of carbonyl (C=O) groups excluding carboxylic acids is 1. The Balaban J connectivity index is 1.82. The normalized spacial score (nSPS) is 43.4. The fourth-order valence-corrected chi connectivity index (χ4v) is 10.2.